The average Bonchev–Trinajstić information content (AvgIpc) is 2.98. The SMILES string of the molecule is O=C(O)C1CC=CCC1c1cc(-c2ccccc2)n[nH]1. The van der Waals surface area contributed by atoms with Crippen LogP contribution in [0.1, 0.15) is 24.5 Å². The van der Waals surface area contributed by atoms with Crippen LogP contribution in [-0.4, -0.2) is 21.3 Å². The third kappa shape index (κ3) is 2.37. The maximum atomic E-state index is 11.3. The van der Waals surface area contributed by atoms with E-state index < -0.39 is 5.97 Å². The van der Waals surface area contributed by atoms with Crippen molar-refractivity contribution in [2.45, 2.75) is 18.8 Å². The molecule has 1 aliphatic rings. The summed E-state index contributed by atoms with van der Waals surface area (Å²) in [6, 6.07) is 11.9. The molecule has 0 radical (unpaired) electrons. The molecule has 0 bridgehead atoms. The van der Waals surface area contributed by atoms with Crippen LogP contribution in [0.5, 0.6) is 0 Å². The van der Waals surface area contributed by atoms with Gasteiger partial charge in [-0.05, 0) is 18.9 Å². The summed E-state index contributed by atoms with van der Waals surface area (Å²) in [6.07, 6.45) is 5.32. The zero-order chi connectivity index (χ0) is 13.9. The van der Waals surface area contributed by atoms with E-state index in [4.69, 9.17) is 0 Å². The van der Waals surface area contributed by atoms with Crippen LogP contribution >= 0.6 is 0 Å². The molecule has 4 nitrogen and oxygen atoms in total. The fourth-order valence-electron chi connectivity index (χ4n) is 2.71. The summed E-state index contributed by atoms with van der Waals surface area (Å²) in [6.45, 7) is 0. The highest BCUT2D eigenvalue weighted by atomic mass is 16.4. The molecule has 0 aliphatic heterocycles. The van der Waals surface area contributed by atoms with Gasteiger partial charge in [-0.25, -0.2) is 0 Å². The van der Waals surface area contributed by atoms with E-state index in [9.17, 15) is 9.90 Å². The van der Waals surface area contributed by atoms with E-state index in [-0.39, 0.29) is 11.8 Å². The number of allylic oxidation sites excluding steroid dienone is 2. The van der Waals surface area contributed by atoms with Crippen molar-refractivity contribution in [3.05, 3.63) is 54.2 Å². The van der Waals surface area contributed by atoms with E-state index in [0.29, 0.717) is 6.42 Å². The van der Waals surface area contributed by atoms with Gasteiger partial charge in [0.05, 0.1) is 11.6 Å². The number of nitrogens with zero attached hydrogens (tertiary/aromatic N) is 1. The van der Waals surface area contributed by atoms with Gasteiger partial charge in [0.1, 0.15) is 0 Å². The van der Waals surface area contributed by atoms with Crippen LogP contribution in [0.3, 0.4) is 0 Å². The van der Waals surface area contributed by atoms with Crippen molar-refractivity contribution in [1.29, 1.82) is 0 Å². The number of carboxylic acid groups (broad SMARTS) is 1. The van der Waals surface area contributed by atoms with Gasteiger partial charge in [0.15, 0.2) is 0 Å². The number of H-pyrrole nitrogens is 1. The largest absolute Gasteiger partial charge is 0.481 e. The monoisotopic (exact) mass is 268 g/mol. The third-order valence-electron chi connectivity index (χ3n) is 3.82. The van der Waals surface area contributed by atoms with Crippen molar-refractivity contribution in [2.75, 3.05) is 0 Å². The molecule has 3 rings (SSSR count). The molecule has 2 atom stereocenters. The molecular weight excluding hydrogens is 252 g/mol. The predicted octanol–water partition coefficient (Wildman–Crippen LogP) is 3.21. The van der Waals surface area contributed by atoms with Gasteiger partial charge < -0.3 is 5.11 Å². The lowest BCUT2D eigenvalue weighted by molar-refractivity contribution is -0.142. The van der Waals surface area contributed by atoms with Gasteiger partial charge in [0, 0.05) is 17.2 Å². The predicted molar refractivity (Wildman–Crippen MR) is 76.3 cm³/mol. The number of benzene rings is 1. The number of carboxylic acids is 1. The van der Waals surface area contributed by atoms with Gasteiger partial charge in [-0.15, -0.1) is 0 Å². The number of hydrogen-bond acceptors (Lipinski definition) is 2. The number of nitrogens with one attached hydrogen (secondary N) is 1. The molecule has 1 aromatic carbocycles. The zero-order valence-electron chi connectivity index (χ0n) is 11.0. The average molecular weight is 268 g/mol. The van der Waals surface area contributed by atoms with Crippen LogP contribution in [0, 0.1) is 5.92 Å². The molecule has 0 saturated heterocycles. The molecule has 1 heterocycles. The summed E-state index contributed by atoms with van der Waals surface area (Å²) >= 11 is 0. The molecule has 102 valence electrons. The minimum absolute atomic E-state index is 0.0255. The quantitative estimate of drug-likeness (QED) is 0.840. The summed E-state index contributed by atoms with van der Waals surface area (Å²) in [5, 5.41) is 16.7. The number of carbonyl (C=O) groups is 1. The molecule has 1 aliphatic carbocycles. The molecule has 1 aromatic heterocycles. The normalized spacial score (nSPS) is 21.8. The zero-order valence-corrected chi connectivity index (χ0v) is 11.0. The van der Waals surface area contributed by atoms with Crippen molar-refractivity contribution >= 4 is 5.97 Å². The highest BCUT2D eigenvalue weighted by Gasteiger charge is 2.31. The molecule has 4 heteroatoms. The first-order valence-corrected chi connectivity index (χ1v) is 6.74. The number of hydrogen-bond donors (Lipinski definition) is 2. The lowest BCUT2D eigenvalue weighted by atomic mass is 9.81. The molecule has 20 heavy (non-hydrogen) atoms. The van der Waals surface area contributed by atoms with Gasteiger partial charge in [-0.1, -0.05) is 42.5 Å². The molecule has 2 unspecified atom stereocenters. The van der Waals surface area contributed by atoms with Crippen molar-refractivity contribution < 1.29 is 9.90 Å². The Balaban J connectivity index is 1.90. The number of aromatic amines is 1. The van der Waals surface area contributed by atoms with E-state index in [1.165, 1.54) is 0 Å². The first-order chi connectivity index (χ1) is 9.75. The second-order valence-electron chi connectivity index (χ2n) is 5.07. The Labute approximate surface area is 117 Å². The number of aliphatic carboxylic acids is 1. The topological polar surface area (TPSA) is 66.0 Å². The number of aromatic nitrogens is 2. The van der Waals surface area contributed by atoms with Crippen LogP contribution < -0.4 is 0 Å². The minimum Gasteiger partial charge on any atom is -0.481 e. The van der Waals surface area contributed by atoms with Crippen LogP contribution in [0.15, 0.2) is 48.6 Å². The second kappa shape index (κ2) is 5.33. The van der Waals surface area contributed by atoms with E-state index in [1.54, 1.807) is 0 Å². The van der Waals surface area contributed by atoms with E-state index >= 15 is 0 Å². The molecule has 0 amide bonds. The van der Waals surface area contributed by atoms with Gasteiger partial charge in [0.2, 0.25) is 0 Å². The van der Waals surface area contributed by atoms with E-state index in [1.807, 2.05) is 48.6 Å². The van der Waals surface area contributed by atoms with Crippen LogP contribution in [0.2, 0.25) is 0 Å². The molecule has 0 fully saturated rings. The molecular formula is C16H16N2O2. The first-order valence-electron chi connectivity index (χ1n) is 6.74. The highest BCUT2D eigenvalue weighted by Crippen LogP contribution is 2.35. The highest BCUT2D eigenvalue weighted by molar-refractivity contribution is 5.72. The Morgan fingerprint density at radius 1 is 1.20 bits per heavy atom. The maximum absolute atomic E-state index is 11.3. The van der Waals surface area contributed by atoms with Gasteiger partial charge in [0.25, 0.3) is 0 Å². The van der Waals surface area contributed by atoms with Crippen molar-refractivity contribution in [3.63, 3.8) is 0 Å². The summed E-state index contributed by atoms with van der Waals surface area (Å²) in [4.78, 5) is 11.3. The smallest absolute Gasteiger partial charge is 0.307 e. The fourth-order valence-corrected chi connectivity index (χ4v) is 2.71. The Hall–Kier alpha value is -2.36. The molecule has 0 spiro atoms. The van der Waals surface area contributed by atoms with Crippen molar-refractivity contribution in [1.82, 2.24) is 10.2 Å². The van der Waals surface area contributed by atoms with Crippen molar-refractivity contribution in [2.24, 2.45) is 5.92 Å². The lowest BCUT2D eigenvalue weighted by Crippen LogP contribution is -2.23. The Kier molecular flexibility index (Phi) is 3.37. The first kappa shape index (κ1) is 12.7. The van der Waals surface area contributed by atoms with Gasteiger partial charge in [-0.2, -0.15) is 5.10 Å². The number of rotatable bonds is 3. The van der Waals surface area contributed by atoms with Crippen molar-refractivity contribution in [3.8, 4) is 11.3 Å². The van der Waals surface area contributed by atoms with Gasteiger partial charge >= 0.3 is 5.97 Å². The maximum Gasteiger partial charge on any atom is 0.307 e. The van der Waals surface area contributed by atoms with Crippen LogP contribution in [0.4, 0.5) is 0 Å². The molecule has 2 aromatic rings. The van der Waals surface area contributed by atoms with Crippen LogP contribution in [-0.2, 0) is 4.79 Å². The second-order valence-corrected chi connectivity index (χ2v) is 5.07. The third-order valence-corrected chi connectivity index (χ3v) is 3.82. The summed E-state index contributed by atoms with van der Waals surface area (Å²) in [7, 11) is 0. The standard InChI is InChI=1S/C16H16N2O2/c19-16(20)13-9-5-4-8-12(13)15-10-14(17-18-15)11-6-2-1-3-7-11/h1-7,10,12-13H,8-9H2,(H,17,18)(H,19,20). The Morgan fingerprint density at radius 2 is 1.95 bits per heavy atom. The molecule has 2 N–H and O–H groups in total. The summed E-state index contributed by atoms with van der Waals surface area (Å²) in [5.74, 6) is -1.14. The van der Waals surface area contributed by atoms with E-state index in [0.717, 1.165) is 23.4 Å². The minimum atomic E-state index is -0.741. The summed E-state index contributed by atoms with van der Waals surface area (Å²) in [5.41, 5.74) is 2.80. The van der Waals surface area contributed by atoms with E-state index in [2.05, 4.69) is 10.2 Å². The van der Waals surface area contributed by atoms with Crippen LogP contribution in [0.25, 0.3) is 11.3 Å². The summed E-state index contributed by atoms with van der Waals surface area (Å²) < 4.78 is 0. The molecule has 0 saturated carbocycles. The Morgan fingerprint density at radius 3 is 2.70 bits per heavy atom. The fraction of sp³-hybridized carbons (Fsp3) is 0.250. The Bertz CT molecular complexity index is 631. The lowest BCUT2D eigenvalue weighted by Gasteiger charge is -2.23. The van der Waals surface area contributed by atoms with Gasteiger partial charge in [-0.3, -0.25) is 9.89 Å².